The zero-order valence-electron chi connectivity index (χ0n) is 7.88. The first-order valence-corrected chi connectivity index (χ1v) is 6.02. The van der Waals surface area contributed by atoms with Crippen molar-refractivity contribution >= 4 is 17.7 Å². The maximum Gasteiger partial charge on any atom is 0.238 e. The van der Waals surface area contributed by atoms with Crippen molar-refractivity contribution < 1.29 is 4.79 Å². The van der Waals surface area contributed by atoms with Gasteiger partial charge >= 0.3 is 0 Å². The van der Waals surface area contributed by atoms with Gasteiger partial charge in [-0.3, -0.25) is 10.1 Å². The number of rotatable bonds is 2. The molecule has 2 rings (SSSR count). The van der Waals surface area contributed by atoms with Gasteiger partial charge in [0.1, 0.15) is 0 Å². The molecule has 0 aromatic heterocycles. The van der Waals surface area contributed by atoms with E-state index < -0.39 is 0 Å². The van der Waals surface area contributed by atoms with Gasteiger partial charge in [-0.25, -0.2) is 0 Å². The summed E-state index contributed by atoms with van der Waals surface area (Å²) in [6.45, 7) is 2.23. The minimum atomic E-state index is 0.0564. The van der Waals surface area contributed by atoms with Crippen molar-refractivity contribution in [3.63, 3.8) is 0 Å². The van der Waals surface area contributed by atoms with Crippen molar-refractivity contribution in [3.05, 3.63) is 0 Å². The van der Waals surface area contributed by atoms with Crippen LogP contribution in [0.4, 0.5) is 0 Å². The minimum Gasteiger partial charge on any atom is -0.352 e. The summed E-state index contributed by atoms with van der Waals surface area (Å²) in [4.78, 5) is 11.6. The molecule has 1 saturated carbocycles. The Hall–Kier alpha value is -0.220. The molecule has 0 spiro atoms. The highest BCUT2D eigenvalue weighted by atomic mass is 32.2. The van der Waals surface area contributed by atoms with Gasteiger partial charge in [0.2, 0.25) is 5.91 Å². The quantitative estimate of drug-likeness (QED) is 0.684. The zero-order valence-corrected chi connectivity index (χ0v) is 8.69. The van der Waals surface area contributed by atoms with E-state index in [2.05, 4.69) is 17.6 Å². The molecule has 0 aromatic carbocycles. The van der Waals surface area contributed by atoms with Crippen molar-refractivity contribution in [2.75, 3.05) is 11.6 Å². The molecule has 1 amide bonds. The molecular formula is C9H16N2OS. The Morgan fingerprint density at radius 2 is 2.31 bits per heavy atom. The van der Waals surface area contributed by atoms with Gasteiger partial charge in [0.15, 0.2) is 0 Å². The Kier molecular flexibility index (Phi) is 2.79. The fraction of sp³-hybridized carbons (Fsp3) is 0.889. The highest BCUT2D eigenvalue weighted by Crippen LogP contribution is 2.26. The SMILES string of the molecule is CC1CC(NC(=O)C2CSCN2)C1. The Balaban J connectivity index is 1.72. The van der Waals surface area contributed by atoms with Crippen LogP contribution < -0.4 is 10.6 Å². The molecule has 3 nitrogen and oxygen atoms in total. The van der Waals surface area contributed by atoms with Crippen LogP contribution in [0.5, 0.6) is 0 Å². The monoisotopic (exact) mass is 200 g/mol. The van der Waals surface area contributed by atoms with Gasteiger partial charge in [0, 0.05) is 17.7 Å². The summed E-state index contributed by atoms with van der Waals surface area (Å²) in [6, 6.07) is 0.510. The molecule has 2 aliphatic rings. The second-order valence-electron chi connectivity index (χ2n) is 4.05. The molecule has 1 atom stereocenters. The molecule has 1 aliphatic heterocycles. The summed E-state index contributed by atoms with van der Waals surface area (Å²) in [5.74, 6) is 2.84. The van der Waals surface area contributed by atoms with Gasteiger partial charge < -0.3 is 5.32 Å². The van der Waals surface area contributed by atoms with E-state index in [9.17, 15) is 4.79 Å². The van der Waals surface area contributed by atoms with Crippen LogP contribution in [0.15, 0.2) is 0 Å². The molecule has 0 aromatic rings. The number of carbonyl (C=O) groups excluding carboxylic acids is 1. The molecule has 1 unspecified atom stereocenters. The van der Waals surface area contributed by atoms with E-state index in [1.165, 1.54) is 0 Å². The van der Waals surface area contributed by atoms with E-state index in [1.807, 2.05) is 0 Å². The number of hydrogen-bond donors (Lipinski definition) is 2. The smallest absolute Gasteiger partial charge is 0.238 e. The Bertz CT molecular complexity index is 198. The van der Waals surface area contributed by atoms with Crippen LogP contribution in [-0.4, -0.2) is 29.6 Å². The van der Waals surface area contributed by atoms with Crippen molar-refractivity contribution in [2.45, 2.75) is 31.8 Å². The normalized spacial score (nSPS) is 38.4. The molecule has 0 radical (unpaired) electrons. The van der Waals surface area contributed by atoms with Gasteiger partial charge in [-0.05, 0) is 18.8 Å². The van der Waals surface area contributed by atoms with Gasteiger partial charge in [0.05, 0.1) is 6.04 Å². The Morgan fingerprint density at radius 1 is 1.54 bits per heavy atom. The van der Waals surface area contributed by atoms with Crippen LogP contribution in [0.1, 0.15) is 19.8 Å². The van der Waals surface area contributed by atoms with Crippen LogP contribution in [0.2, 0.25) is 0 Å². The summed E-state index contributed by atoms with van der Waals surface area (Å²) >= 11 is 1.79. The topological polar surface area (TPSA) is 41.1 Å². The summed E-state index contributed by atoms with van der Waals surface area (Å²) < 4.78 is 0. The average Bonchev–Trinajstić information content (AvgIpc) is 2.53. The lowest BCUT2D eigenvalue weighted by Gasteiger charge is -2.33. The van der Waals surface area contributed by atoms with Crippen molar-refractivity contribution in [1.29, 1.82) is 0 Å². The summed E-state index contributed by atoms with van der Waals surface area (Å²) in [5, 5.41) is 6.25. The van der Waals surface area contributed by atoms with Crippen LogP contribution in [0.25, 0.3) is 0 Å². The van der Waals surface area contributed by atoms with Crippen LogP contribution >= 0.6 is 11.8 Å². The summed E-state index contributed by atoms with van der Waals surface area (Å²) in [5.41, 5.74) is 0. The molecule has 2 fully saturated rings. The average molecular weight is 200 g/mol. The molecule has 13 heavy (non-hydrogen) atoms. The molecule has 1 aliphatic carbocycles. The van der Waals surface area contributed by atoms with Crippen LogP contribution in [0.3, 0.4) is 0 Å². The summed E-state index contributed by atoms with van der Waals surface area (Å²) in [7, 11) is 0. The second-order valence-corrected chi connectivity index (χ2v) is 5.08. The maximum absolute atomic E-state index is 11.6. The number of thioether (sulfide) groups is 1. The third-order valence-corrected chi connectivity index (χ3v) is 3.69. The number of amides is 1. The Labute approximate surface area is 83.0 Å². The van der Waals surface area contributed by atoms with Gasteiger partial charge in [0.25, 0.3) is 0 Å². The number of carbonyl (C=O) groups is 1. The largest absolute Gasteiger partial charge is 0.352 e. The maximum atomic E-state index is 11.6. The fourth-order valence-corrected chi connectivity index (χ4v) is 2.83. The van der Waals surface area contributed by atoms with Crippen LogP contribution in [0, 0.1) is 5.92 Å². The molecule has 74 valence electrons. The predicted octanol–water partition coefficient (Wildman–Crippen LogP) is 0.564. The van der Waals surface area contributed by atoms with E-state index in [0.29, 0.717) is 6.04 Å². The summed E-state index contributed by atoms with van der Waals surface area (Å²) in [6.07, 6.45) is 2.32. The lowest BCUT2D eigenvalue weighted by atomic mass is 9.82. The van der Waals surface area contributed by atoms with E-state index >= 15 is 0 Å². The second kappa shape index (κ2) is 3.88. The minimum absolute atomic E-state index is 0.0564. The molecule has 4 heteroatoms. The molecule has 1 saturated heterocycles. The zero-order chi connectivity index (χ0) is 9.26. The third-order valence-electron chi connectivity index (χ3n) is 2.75. The van der Waals surface area contributed by atoms with E-state index in [1.54, 1.807) is 11.8 Å². The van der Waals surface area contributed by atoms with Crippen LogP contribution in [-0.2, 0) is 4.79 Å². The van der Waals surface area contributed by atoms with E-state index in [0.717, 1.165) is 30.4 Å². The highest BCUT2D eigenvalue weighted by molar-refractivity contribution is 7.99. The predicted molar refractivity (Wildman–Crippen MR) is 54.6 cm³/mol. The first kappa shape index (κ1) is 9.34. The highest BCUT2D eigenvalue weighted by Gasteiger charge is 2.30. The number of nitrogens with one attached hydrogen (secondary N) is 2. The van der Waals surface area contributed by atoms with Crippen molar-refractivity contribution in [1.82, 2.24) is 10.6 Å². The molecule has 0 bridgehead atoms. The lowest BCUT2D eigenvalue weighted by molar-refractivity contribution is -0.123. The molecular weight excluding hydrogens is 184 g/mol. The van der Waals surface area contributed by atoms with Crippen molar-refractivity contribution in [2.24, 2.45) is 5.92 Å². The first-order valence-electron chi connectivity index (χ1n) is 4.87. The third kappa shape index (κ3) is 2.17. The van der Waals surface area contributed by atoms with Gasteiger partial charge in [-0.1, -0.05) is 6.92 Å². The molecule has 2 N–H and O–H groups in total. The number of hydrogen-bond acceptors (Lipinski definition) is 3. The lowest BCUT2D eigenvalue weighted by Crippen LogP contribution is -2.50. The van der Waals surface area contributed by atoms with Gasteiger partial charge in [-0.15, -0.1) is 11.8 Å². The van der Waals surface area contributed by atoms with Crippen molar-refractivity contribution in [3.8, 4) is 0 Å². The standard InChI is InChI=1S/C9H16N2OS/c1-6-2-7(3-6)11-9(12)8-4-13-5-10-8/h6-8,10H,2-5H2,1H3,(H,11,12). The first-order chi connectivity index (χ1) is 6.25. The molecule has 1 heterocycles. The fourth-order valence-electron chi connectivity index (χ4n) is 1.89. The van der Waals surface area contributed by atoms with E-state index in [4.69, 9.17) is 0 Å². The van der Waals surface area contributed by atoms with E-state index in [-0.39, 0.29) is 11.9 Å². The Morgan fingerprint density at radius 3 is 2.85 bits per heavy atom. The van der Waals surface area contributed by atoms with Gasteiger partial charge in [-0.2, -0.15) is 0 Å².